The van der Waals surface area contributed by atoms with E-state index in [9.17, 15) is 14.7 Å². The number of carbonyl (C=O) groups is 1. The van der Waals surface area contributed by atoms with Gasteiger partial charge < -0.3 is 25.2 Å². The van der Waals surface area contributed by atoms with Crippen molar-refractivity contribution < 1.29 is 9.90 Å². The molecule has 10 nitrogen and oxygen atoms in total. The van der Waals surface area contributed by atoms with Gasteiger partial charge in [-0.15, -0.1) is 0 Å². The number of benzene rings is 2. The van der Waals surface area contributed by atoms with Gasteiger partial charge in [0.05, 0.1) is 29.9 Å². The molecule has 2 aromatic heterocycles. The van der Waals surface area contributed by atoms with E-state index in [0.717, 1.165) is 46.7 Å². The lowest BCUT2D eigenvalue weighted by atomic mass is 9.89. The summed E-state index contributed by atoms with van der Waals surface area (Å²) in [7, 11) is 0. The van der Waals surface area contributed by atoms with E-state index in [-0.39, 0.29) is 18.7 Å². The molecule has 3 heterocycles. The molecule has 0 spiro atoms. The summed E-state index contributed by atoms with van der Waals surface area (Å²) in [6.45, 7) is 6.14. The number of hydrogen-bond acceptors (Lipinski definition) is 8. The van der Waals surface area contributed by atoms with Crippen molar-refractivity contribution in [1.82, 2.24) is 29.7 Å². The Morgan fingerprint density at radius 1 is 0.915 bits per heavy atom. The molecule has 4 aromatic rings. The van der Waals surface area contributed by atoms with E-state index in [1.165, 1.54) is 69.0 Å². The second-order valence-electron chi connectivity index (χ2n) is 13.4. The van der Waals surface area contributed by atoms with Gasteiger partial charge in [0.1, 0.15) is 11.4 Å². The van der Waals surface area contributed by atoms with E-state index < -0.39 is 17.5 Å². The number of amides is 1. The third-order valence-electron chi connectivity index (χ3n) is 10.2. The first-order valence-electron chi connectivity index (χ1n) is 17.2. The average molecular weight is 636 g/mol. The molecule has 0 bridgehead atoms. The fraction of sp³-hybridized carbons (Fsp3) is 0.459. The summed E-state index contributed by atoms with van der Waals surface area (Å²) in [5.74, 6) is 1.28. The van der Waals surface area contributed by atoms with E-state index in [1.54, 1.807) is 12.3 Å². The van der Waals surface area contributed by atoms with Crippen molar-refractivity contribution in [1.29, 1.82) is 0 Å². The van der Waals surface area contributed by atoms with Crippen molar-refractivity contribution in [3.05, 3.63) is 100 Å². The third-order valence-corrected chi connectivity index (χ3v) is 10.2. The van der Waals surface area contributed by atoms with E-state index in [1.807, 2.05) is 54.7 Å². The highest BCUT2D eigenvalue weighted by molar-refractivity contribution is 5.93. The Morgan fingerprint density at radius 2 is 1.70 bits per heavy atom. The lowest BCUT2D eigenvalue weighted by Gasteiger charge is -2.42. The van der Waals surface area contributed by atoms with Crippen LogP contribution in [0.4, 0.5) is 5.82 Å². The van der Waals surface area contributed by atoms with Crippen LogP contribution in [0.1, 0.15) is 66.1 Å². The zero-order valence-corrected chi connectivity index (χ0v) is 26.9. The summed E-state index contributed by atoms with van der Waals surface area (Å²) in [6, 6.07) is 18.7. The molecular formula is C37H45N7O3. The van der Waals surface area contributed by atoms with Gasteiger partial charge in [-0.1, -0.05) is 36.4 Å². The molecule has 47 heavy (non-hydrogen) atoms. The Labute approximate surface area is 275 Å². The van der Waals surface area contributed by atoms with Crippen LogP contribution in [0.15, 0.2) is 77.9 Å². The Balaban J connectivity index is 0.936. The number of anilines is 1. The molecule has 2 aliphatic carbocycles. The number of carbonyl (C=O) groups excluding carboxylic acids is 1. The number of hydrogen-bond donors (Lipinski definition) is 3. The quantitative estimate of drug-likeness (QED) is 0.226. The van der Waals surface area contributed by atoms with Crippen LogP contribution in [-0.2, 0) is 6.54 Å². The first kappa shape index (κ1) is 31.5. The molecule has 1 amide bonds. The van der Waals surface area contributed by atoms with Crippen LogP contribution in [0.3, 0.4) is 0 Å². The van der Waals surface area contributed by atoms with E-state index in [4.69, 9.17) is 4.98 Å². The largest absolute Gasteiger partial charge is 0.394 e. The van der Waals surface area contributed by atoms with E-state index >= 15 is 0 Å². The normalized spacial score (nSPS) is 21.4. The van der Waals surface area contributed by atoms with Gasteiger partial charge in [0.15, 0.2) is 0 Å². The third kappa shape index (κ3) is 7.56. The number of piperazine rings is 1. The molecule has 3 fully saturated rings. The molecule has 7 rings (SSSR count). The molecule has 3 aliphatic rings. The fourth-order valence-electron chi connectivity index (χ4n) is 7.24. The highest BCUT2D eigenvalue weighted by Crippen LogP contribution is 2.31. The van der Waals surface area contributed by atoms with Gasteiger partial charge in [-0.05, 0) is 79.8 Å². The maximum Gasteiger partial charge on any atom is 0.264 e. The van der Waals surface area contributed by atoms with Crippen molar-refractivity contribution in [2.24, 2.45) is 5.92 Å². The Hall–Kier alpha value is -4.12. The molecule has 1 saturated heterocycles. The second kappa shape index (κ2) is 14.3. The Kier molecular flexibility index (Phi) is 9.60. The molecule has 1 aliphatic heterocycles. The van der Waals surface area contributed by atoms with Crippen LogP contribution in [0.25, 0.3) is 11.0 Å². The first-order chi connectivity index (χ1) is 23.0. The monoisotopic (exact) mass is 635 g/mol. The Morgan fingerprint density at radius 3 is 2.45 bits per heavy atom. The van der Waals surface area contributed by atoms with Gasteiger partial charge >= 0.3 is 0 Å². The summed E-state index contributed by atoms with van der Waals surface area (Å²) < 4.78 is 1.41. The predicted octanol–water partition coefficient (Wildman–Crippen LogP) is 4.05. The molecule has 3 N–H and O–H groups in total. The number of nitrogens with zero attached hydrogens (tertiary/aromatic N) is 5. The summed E-state index contributed by atoms with van der Waals surface area (Å²) in [4.78, 5) is 41.3. The SMILES string of the molecule is O=C(NCc1ccc2ncc(NC3CCC(N4CCN(CC5CC5)CC4)CC3)nc2c1)c1cccn([C@H](CO)c2ccccc2)c1=O. The molecule has 1 atom stereocenters. The lowest BCUT2D eigenvalue weighted by Crippen LogP contribution is -2.51. The highest BCUT2D eigenvalue weighted by Gasteiger charge is 2.31. The van der Waals surface area contributed by atoms with Crippen LogP contribution in [0, 0.1) is 5.92 Å². The van der Waals surface area contributed by atoms with Crippen molar-refractivity contribution in [2.45, 2.75) is 63.2 Å². The first-order valence-corrected chi connectivity index (χ1v) is 17.2. The van der Waals surface area contributed by atoms with Gasteiger partial charge in [0.25, 0.3) is 11.5 Å². The standard InChI is InChI=1S/C37H45N7O3/c45-25-34(28-5-2-1-3-6-28)44-16-4-7-31(37(44)47)36(46)39-22-27-10-15-32-33(21-27)41-35(23-38-32)40-29-11-13-30(14-12-29)43-19-17-42(18-20-43)24-26-8-9-26/h1-7,10,15-16,21,23,26,29-30,34,45H,8-9,11-14,17-20,22,24-25H2,(H,39,46)(H,40,41)/t29?,30?,34-/m1/s1. The van der Waals surface area contributed by atoms with Crippen LogP contribution >= 0.6 is 0 Å². The van der Waals surface area contributed by atoms with Gasteiger partial charge in [0.2, 0.25) is 0 Å². The fourth-order valence-corrected chi connectivity index (χ4v) is 7.24. The van der Waals surface area contributed by atoms with Gasteiger partial charge in [-0.2, -0.15) is 0 Å². The number of rotatable bonds is 11. The number of nitrogens with one attached hydrogen (secondary N) is 2. The number of aliphatic hydroxyl groups excluding tert-OH is 1. The van der Waals surface area contributed by atoms with Crippen molar-refractivity contribution in [3.8, 4) is 0 Å². The van der Waals surface area contributed by atoms with Crippen LogP contribution in [0.5, 0.6) is 0 Å². The topological polar surface area (TPSA) is 116 Å². The lowest BCUT2D eigenvalue weighted by molar-refractivity contribution is 0.0752. The molecule has 246 valence electrons. The van der Waals surface area contributed by atoms with Crippen molar-refractivity contribution in [3.63, 3.8) is 0 Å². The Bertz CT molecular complexity index is 1730. The molecule has 2 saturated carbocycles. The maximum atomic E-state index is 13.3. The molecular weight excluding hydrogens is 590 g/mol. The summed E-state index contributed by atoms with van der Waals surface area (Å²) in [5, 5.41) is 16.6. The predicted molar refractivity (Wildman–Crippen MR) is 183 cm³/mol. The molecule has 10 heteroatoms. The molecule has 2 aromatic carbocycles. The van der Waals surface area contributed by atoms with E-state index in [2.05, 4.69) is 25.4 Å². The number of pyridine rings is 1. The van der Waals surface area contributed by atoms with Gasteiger partial charge in [-0.3, -0.25) is 19.5 Å². The van der Waals surface area contributed by atoms with Crippen LogP contribution in [-0.4, -0.2) is 86.8 Å². The summed E-state index contributed by atoms with van der Waals surface area (Å²) in [6.07, 6.45) is 11.0. The molecule has 0 unspecified atom stereocenters. The van der Waals surface area contributed by atoms with Crippen molar-refractivity contribution in [2.75, 3.05) is 44.6 Å². The second-order valence-corrected chi connectivity index (χ2v) is 13.4. The minimum Gasteiger partial charge on any atom is -0.394 e. The number of aliphatic hydroxyl groups is 1. The summed E-state index contributed by atoms with van der Waals surface area (Å²) >= 11 is 0. The number of fused-ring (bicyclic) bond motifs is 1. The van der Waals surface area contributed by atoms with Gasteiger partial charge in [0, 0.05) is 57.5 Å². The zero-order chi connectivity index (χ0) is 32.2. The maximum absolute atomic E-state index is 13.3. The van der Waals surface area contributed by atoms with E-state index in [0.29, 0.717) is 12.1 Å². The average Bonchev–Trinajstić information content (AvgIpc) is 3.93. The highest BCUT2D eigenvalue weighted by atomic mass is 16.3. The van der Waals surface area contributed by atoms with Gasteiger partial charge in [-0.25, -0.2) is 4.98 Å². The molecule has 0 radical (unpaired) electrons. The number of aromatic nitrogens is 3. The van der Waals surface area contributed by atoms with Crippen LogP contribution < -0.4 is 16.2 Å². The minimum atomic E-state index is -0.578. The summed E-state index contributed by atoms with van der Waals surface area (Å²) in [5.41, 5.74) is 2.78. The minimum absolute atomic E-state index is 0.0273. The van der Waals surface area contributed by atoms with Crippen molar-refractivity contribution >= 4 is 22.8 Å². The van der Waals surface area contributed by atoms with Crippen LogP contribution in [0.2, 0.25) is 0 Å². The zero-order valence-electron chi connectivity index (χ0n) is 26.9. The smallest absolute Gasteiger partial charge is 0.264 e.